The highest BCUT2D eigenvalue weighted by molar-refractivity contribution is 5.59. The SMILES string of the molecule is CCCCCCc1cc(-c2ccc(C)cc2)nn1C. The molecule has 0 aliphatic carbocycles. The lowest BCUT2D eigenvalue weighted by molar-refractivity contribution is 0.630. The summed E-state index contributed by atoms with van der Waals surface area (Å²) in [5, 5.41) is 4.63. The highest BCUT2D eigenvalue weighted by Gasteiger charge is 2.06. The zero-order valence-corrected chi connectivity index (χ0v) is 12.3. The van der Waals surface area contributed by atoms with E-state index in [-0.39, 0.29) is 0 Å². The van der Waals surface area contributed by atoms with Gasteiger partial charge >= 0.3 is 0 Å². The maximum atomic E-state index is 4.63. The first-order valence-corrected chi connectivity index (χ1v) is 7.30. The van der Waals surface area contributed by atoms with Crippen molar-refractivity contribution < 1.29 is 0 Å². The molecule has 0 bridgehead atoms. The van der Waals surface area contributed by atoms with E-state index in [1.54, 1.807) is 0 Å². The summed E-state index contributed by atoms with van der Waals surface area (Å²) in [5.74, 6) is 0. The van der Waals surface area contributed by atoms with Crippen LogP contribution in [0.5, 0.6) is 0 Å². The zero-order chi connectivity index (χ0) is 13.7. The number of rotatable bonds is 6. The van der Waals surface area contributed by atoms with Crippen molar-refractivity contribution in [3.63, 3.8) is 0 Å². The van der Waals surface area contributed by atoms with Gasteiger partial charge in [-0.1, -0.05) is 56.0 Å². The molecule has 1 heterocycles. The number of aromatic nitrogens is 2. The largest absolute Gasteiger partial charge is 0.272 e. The monoisotopic (exact) mass is 256 g/mol. The van der Waals surface area contributed by atoms with Crippen LogP contribution in [0.25, 0.3) is 11.3 Å². The second-order valence-corrected chi connectivity index (χ2v) is 5.32. The maximum absolute atomic E-state index is 4.63. The van der Waals surface area contributed by atoms with Crippen LogP contribution >= 0.6 is 0 Å². The lowest BCUT2D eigenvalue weighted by atomic mass is 10.1. The van der Waals surface area contributed by atoms with Crippen molar-refractivity contribution in [2.75, 3.05) is 0 Å². The summed E-state index contributed by atoms with van der Waals surface area (Å²) in [6, 6.07) is 10.8. The molecule has 0 N–H and O–H groups in total. The Hall–Kier alpha value is -1.57. The highest BCUT2D eigenvalue weighted by atomic mass is 15.3. The average molecular weight is 256 g/mol. The number of unbranched alkanes of at least 4 members (excludes halogenated alkanes) is 3. The topological polar surface area (TPSA) is 17.8 Å². The van der Waals surface area contributed by atoms with Gasteiger partial charge in [-0.05, 0) is 25.8 Å². The first kappa shape index (κ1) is 13.9. The molecule has 0 saturated heterocycles. The second kappa shape index (κ2) is 6.55. The fourth-order valence-corrected chi connectivity index (χ4v) is 2.34. The van der Waals surface area contributed by atoms with Crippen molar-refractivity contribution in [1.82, 2.24) is 9.78 Å². The predicted octanol–water partition coefficient (Wildman–Crippen LogP) is 4.52. The van der Waals surface area contributed by atoms with Crippen molar-refractivity contribution in [2.45, 2.75) is 46.0 Å². The molecule has 19 heavy (non-hydrogen) atoms. The van der Waals surface area contributed by atoms with Crippen LogP contribution in [0.4, 0.5) is 0 Å². The molecular formula is C17H24N2. The van der Waals surface area contributed by atoms with Gasteiger partial charge in [0.25, 0.3) is 0 Å². The Morgan fingerprint density at radius 1 is 1.05 bits per heavy atom. The van der Waals surface area contributed by atoms with Crippen LogP contribution in [0, 0.1) is 6.92 Å². The van der Waals surface area contributed by atoms with Crippen LogP contribution in [-0.4, -0.2) is 9.78 Å². The summed E-state index contributed by atoms with van der Waals surface area (Å²) in [6.45, 7) is 4.36. The lowest BCUT2D eigenvalue weighted by Crippen LogP contribution is -1.98. The molecule has 0 unspecified atom stereocenters. The van der Waals surface area contributed by atoms with Crippen LogP contribution < -0.4 is 0 Å². The molecule has 2 aromatic rings. The Morgan fingerprint density at radius 3 is 2.47 bits per heavy atom. The standard InChI is InChI=1S/C17H24N2/c1-4-5-6-7-8-16-13-17(18-19(16)3)15-11-9-14(2)10-12-15/h9-13H,4-8H2,1-3H3. The Balaban J connectivity index is 2.05. The van der Waals surface area contributed by atoms with E-state index in [1.807, 2.05) is 11.7 Å². The van der Waals surface area contributed by atoms with E-state index in [0.29, 0.717) is 0 Å². The minimum absolute atomic E-state index is 1.09. The van der Waals surface area contributed by atoms with Crippen molar-refractivity contribution >= 4 is 0 Å². The Morgan fingerprint density at radius 2 is 1.79 bits per heavy atom. The Kier molecular flexibility index (Phi) is 4.78. The van der Waals surface area contributed by atoms with Crippen LogP contribution in [0.3, 0.4) is 0 Å². The minimum Gasteiger partial charge on any atom is -0.272 e. The van der Waals surface area contributed by atoms with Crippen molar-refractivity contribution in [1.29, 1.82) is 0 Å². The molecule has 2 heteroatoms. The first-order valence-electron chi connectivity index (χ1n) is 7.30. The van der Waals surface area contributed by atoms with Crippen LogP contribution in [0.15, 0.2) is 30.3 Å². The third-order valence-corrected chi connectivity index (χ3v) is 3.61. The molecular weight excluding hydrogens is 232 g/mol. The van der Waals surface area contributed by atoms with E-state index < -0.39 is 0 Å². The summed E-state index contributed by atoms with van der Waals surface area (Å²) in [4.78, 5) is 0. The molecule has 0 fully saturated rings. The van der Waals surface area contributed by atoms with Gasteiger partial charge in [-0.3, -0.25) is 4.68 Å². The van der Waals surface area contributed by atoms with Crippen molar-refractivity contribution in [3.8, 4) is 11.3 Å². The Bertz CT molecular complexity index is 509. The predicted molar refractivity (Wildman–Crippen MR) is 81.2 cm³/mol. The number of hydrogen-bond donors (Lipinski definition) is 0. The quantitative estimate of drug-likeness (QED) is 0.695. The van der Waals surface area contributed by atoms with Crippen molar-refractivity contribution in [3.05, 3.63) is 41.6 Å². The minimum atomic E-state index is 1.09. The van der Waals surface area contributed by atoms with E-state index >= 15 is 0 Å². The molecule has 0 amide bonds. The molecule has 102 valence electrons. The Labute approximate surface area is 116 Å². The van der Waals surface area contributed by atoms with Gasteiger partial charge in [-0.25, -0.2) is 0 Å². The van der Waals surface area contributed by atoms with Crippen LogP contribution in [-0.2, 0) is 13.5 Å². The first-order chi connectivity index (χ1) is 9.20. The average Bonchev–Trinajstić information content (AvgIpc) is 2.77. The van der Waals surface area contributed by atoms with Gasteiger partial charge < -0.3 is 0 Å². The van der Waals surface area contributed by atoms with E-state index in [2.05, 4.69) is 49.3 Å². The lowest BCUT2D eigenvalue weighted by Gasteiger charge is -2.00. The summed E-state index contributed by atoms with van der Waals surface area (Å²) >= 11 is 0. The fourth-order valence-electron chi connectivity index (χ4n) is 2.34. The fraction of sp³-hybridized carbons (Fsp3) is 0.471. The molecule has 0 aliphatic rings. The molecule has 2 nitrogen and oxygen atoms in total. The third-order valence-electron chi connectivity index (χ3n) is 3.61. The van der Waals surface area contributed by atoms with Gasteiger partial charge in [0, 0.05) is 18.3 Å². The van der Waals surface area contributed by atoms with E-state index in [1.165, 1.54) is 42.5 Å². The van der Waals surface area contributed by atoms with Crippen LogP contribution in [0.2, 0.25) is 0 Å². The summed E-state index contributed by atoms with van der Waals surface area (Å²) < 4.78 is 2.03. The van der Waals surface area contributed by atoms with Gasteiger partial charge in [0.15, 0.2) is 0 Å². The zero-order valence-electron chi connectivity index (χ0n) is 12.3. The number of benzene rings is 1. The van der Waals surface area contributed by atoms with Crippen LogP contribution in [0.1, 0.15) is 43.9 Å². The third kappa shape index (κ3) is 3.69. The summed E-state index contributed by atoms with van der Waals surface area (Å²) in [5.41, 5.74) is 4.93. The van der Waals surface area contributed by atoms with E-state index in [0.717, 1.165) is 12.1 Å². The molecule has 1 aromatic heterocycles. The number of hydrogen-bond acceptors (Lipinski definition) is 1. The highest BCUT2D eigenvalue weighted by Crippen LogP contribution is 2.20. The number of aryl methyl sites for hydroxylation is 3. The van der Waals surface area contributed by atoms with E-state index in [9.17, 15) is 0 Å². The molecule has 0 aliphatic heterocycles. The van der Waals surface area contributed by atoms with Gasteiger partial charge in [0.2, 0.25) is 0 Å². The van der Waals surface area contributed by atoms with Gasteiger partial charge in [0.05, 0.1) is 5.69 Å². The molecule has 1 aromatic carbocycles. The van der Waals surface area contributed by atoms with Crippen molar-refractivity contribution in [2.24, 2.45) is 7.05 Å². The normalized spacial score (nSPS) is 10.9. The van der Waals surface area contributed by atoms with Gasteiger partial charge in [0.1, 0.15) is 0 Å². The number of nitrogens with zero attached hydrogens (tertiary/aromatic N) is 2. The van der Waals surface area contributed by atoms with Gasteiger partial charge in [-0.2, -0.15) is 5.10 Å². The molecule has 0 saturated carbocycles. The van der Waals surface area contributed by atoms with E-state index in [4.69, 9.17) is 0 Å². The van der Waals surface area contributed by atoms with Gasteiger partial charge in [-0.15, -0.1) is 0 Å². The summed E-state index contributed by atoms with van der Waals surface area (Å²) in [7, 11) is 2.05. The smallest absolute Gasteiger partial charge is 0.0925 e. The molecule has 0 atom stereocenters. The maximum Gasteiger partial charge on any atom is 0.0925 e. The molecule has 2 rings (SSSR count). The molecule has 0 radical (unpaired) electrons. The molecule has 0 spiro atoms. The summed E-state index contributed by atoms with van der Waals surface area (Å²) in [6.07, 6.45) is 6.35. The second-order valence-electron chi connectivity index (χ2n) is 5.32.